The molecule has 1 aromatic carbocycles. The number of anilines is 1. The molecule has 2 N–H and O–H groups in total. The van der Waals surface area contributed by atoms with Crippen molar-refractivity contribution in [2.45, 2.75) is 31.7 Å². The van der Waals surface area contributed by atoms with E-state index in [2.05, 4.69) is 14.8 Å². The molecule has 0 spiro atoms. The normalized spacial score (nSPS) is 16.3. The first-order valence-corrected chi connectivity index (χ1v) is 6.20. The monoisotopic (exact) mass is 246 g/mol. The molecule has 94 valence electrons. The molecule has 2 aromatic rings. The maximum absolute atomic E-state index is 13.1. The maximum Gasteiger partial charge on any atom is 0.166 e. The van der Waals surface area contributed by atoms with Crippen LogP contribution in [0.4, 0.5) is 10.1 Å². The van der Waals surface area contributed by atoms with Crippen molar-refractivity contribution in [2.24, 2.45) is 0 Å². The Kier molecular flexibility index (Phi) is 2.74. The Labute approximate surface area is 105 Å². The van der Waals surface area contributed by atoms with Crippen LogP contribution in [0.3, 0.4) is 0 Å². The average Bonchev–Trinajstić information content (AvgIpc) is 2.98. The average molecular weight is 246 g/mol. The van der Waals surface area contributed by atoms with Crippen LogP contribution in [0.15, 0.2) is 24.5 Å². The van der Waals surface area contributed by atoms with Crippen molar-refractivity contribution in [1.29, 1.82) is 0 Å². The SMILES string of the molecule is Nc1cc(F)ccc1-c1nncn1C1CCCC1. The van der Waals surface area contributed by atoms with Crippen LogP contribution in [0.5, 0.6) is 0 Å². The van der Waals surface area contributed by atoms with Crippen LogP contribution in [0.1, 0.15) is 31.7 Å². The minimum absolute atomic E-state index is 0.330. The van der Waals surface area contributed by atoms with Crippen LogP contribution >= 0.6 is 0 Å². The zero-order valence-electron chi connectivity index (χ0n) is 10.0. The maximum atomic E-state index is 13.1. The lowest BCUT2D eigenvalue weighted by Gasteiger charge is -2.14. The summed E-state index contributed by atoms with van der Waals surface area (Å²) in [6, 6.07) is 4.84. The third kappa shape index (κ3) is 1.85. The summed E-state index contributed by atoms with van der Waals surface area (Å²) in [7, 11) is 0. The van der Waals surface area contributed by atoms with E-state index < -0.39 is 0 Å². The first-order chi connectivity index (χ1) is 8.75. The molecule has 1 heterocycles. The summed E-state index contributed by atoms with van der Waals surface area (Å²) in [5.74, 6) is 0.405. The number of nitrogens with two attached hydrogens (primary N) is 1. The zero-order chi connectivity index (χ0) is 12.5. The van der Waals surface area contributed by atoms with Gasteiger partial charge in [-0.25, -0.2) is 4.39 Å². The van der Waals surface area contributed by atoms with Gasteiger partial charge in [-0.15, -0.1) is 10.2 Å². The van der Waals surface area contributed by atoms with E-state index in [9.17, 15) is 4.39 Å². The lowest BCUT2D eigenvalue weighted by molar-refractivity contribution is 0.522. The highest BCUT2D eigenvalue weighted by molar-refractivity contribution is 5.71. The van der Waals surface area contributed by atoms with Crippen LogP contribution in [0, 0.1) is 5.82 Å². The van der Waals surface area contributed by atoms with E-state index in [1.807, 2.05) is 0 Å². The van der Waals surface area contributed by atoms with Crippen LogP contribution in [-0.2, 0) is 0 Å². The van der Waals surface area contributed by atoms with E-state index >= 15 is 0 Å². The van der Waals surface area contributed by atoms with Crippen LogP contribution in [-0.4, -0.2) is 14.8 Å². The molecule has 0 unspecified atom stereocenters. The van der Waals surface area contributed by atoms with Gasteiger partial charge in [0.1, 0.15) is 12.1 Å². The van der Waals surface area contributed by atoms with Gasteiger partial charge in [0.2, 0.25) is 0 Å². The summed E-state index contributed by atoms with van der Waals surface area (Å²) in [6.45, 7) is 0. The van der Waals surface area contributed by atoms with Crippen molar-refractivity contribution in [2.75, 3.05) is 5.73 Å². The molecule has 3 rings (SSSR count). The van der Waals surface area contributed by atoms with Crippen molar-refractivity contribution in [3.8, 4) is 11.4 Å². The largest absolute Gasteiger partial charge is 0.398 e. The molecule has 0 atom stereocenters. The Morgan fingerprint density at radius 2 is 2.06 bits per heavy atom. The third-order valence-corrected chi connectivity index (χ3v) is 3.55. The van der Waals surface area contributed by atoms with Gasteiger partial charge in [0, 0.05) is 17.3 Å². The summed E-state index contributed by atoms with van der Waals surface area (Å²) in [5.41, 5.74) is 7.01. The molecular formula is C13H15FN4. The van der Waals surface area contributed by atoms with Gasteiger partial charge in [0.25, 0.3) is 0 Å². The van der Waals surface area contributed by atoms with E-state index in [4.69, 9.17) is 5.73 Å². The molecule has 0 radical (unpaired) electrons. The van der Waals surface area contributed by atoms with Gasteiger partial charge >= 0.3 is 0 Å². The molecule has 5 heteroatoms. The van der Waals surface area contributed by atoms with E-state index in [1.54, 1.807) is 12.4 Å². The van der Waals surface area contributed by atoms with Crippen molar-refractivity contribution in [3.05, 3.63) is 30.3 Å². The highest BCUT2D eigenvalue weighted by atomic mass is 19.1. The fraction of sp³-hybridized carbons (Fsp3) is 0.385. The van der Waals surface area contributed by atoms with Gasteiger partial charge in [-0.3, -0.25) is 0 Å². The second-order valence-corrected chi connectivity index (χ2v) is 4.73. The molecule has 1 fully saturated rings. The molecule has 4 nitrogen and oxygen atoms in total. The molecule has 18 heavy (non-hydrogen) atoms. The summed E-state index contributed by atoms with van der Waals surface area (Å²) in [4.78, 5) is 0. The highest BCUT2D eigenvalue weighted by Gasteiger charge is 2.21. The highest BCUT2D eigenvalue weighted by Crippen LogP contribution is 2.34. The summed E-state index contributed by atoms with van der Waals surface area (Å²) in [5, 5.41) is 8.10. The number of aromatic nitrogens is 3. The zero-order valence-corrected chi connectivity index (χ0v) is 10.0. The van der Waals surface area contributed by atoms with E-state index in [0.717, 1.165) is 24.2 Å². The number of hydrogen-bond donors (Lipinski definition) is 1. The smallest absolute Gasteiger partial charge is 0.166 e. The Morgan fingerprint density at radius 1 is 1.28 bits per heavy atom. The van der Waals surface area contributed by atoms with Crippen LogP contribution in [0.2, 0.25) is 0 Å². The van der Waals surface area contributed by atoms with Gasteiger partial charge in [0.15, 0.2) is 5.82 Å². The molecule has 1 aliphatic carbocycles. The Bertz CT molecular complexity index is 558. The standard InChI is InChI=1S/C13H15FN4/c14-9-5-6-11(12(15)7-9)13-17-16-8-18(13)10-3-1-2-4-10/h5-8,10H,1-4,15H2. The first kappa shape index (κ1) is 11.2. The molecule has 1 aromatic heterocycles. The molecule has 1 aliphatic rings. The van der Waals surface area contributed by atoms with Crippen molar-refractivity contribution < 1.29 is 4.39 Å². The van der Waals surface area contributed by atoms with Crippen molar-refractivity contribution >= 4 is 5.69 Å². The topological polar surface area (TPSA) is 56.7 Å². The van der Waals surface area contributed by atoms with E-state index in [0.29, 0.717) is 11.7 Å². The number of nitrogens with zero attached hydrogens (tertiary/aromatic N) is 3. The molecule has 0 aliphatic heterocycles. The number of rotatable bonds is 2. The first-order valence-electron chi connectivity index (χ1n) is 6.20. The third-order valence-electron chi connectivity index (χ3n) is 3.55. The van der Waals surface area contributed by atoms with Gasteiger partial charge in [0.05, 0.1) is 0 Å². The van der Waals surface area contributed by atoms with Gasteiger partial charge < -0.3 is 10.3 Å². The van der Waals surface area contributed by atoms with E-state index in [1.165, 1.54) is 25.0 Å². The molecule has 0 bridgehead atoms. The Balaban J connectivity index is 2.03. The predicted octanol–water partition coefficient (Wildman–Crippen LogP) is 2.78. The number of hydrogen-bond acceptors (Lipinski definition) is 3. The summed E-state index contributed by atoms with van der Waals surface area (Å²) in [6.07, 6.45) is 6.51. The molecule has 0 saturated heterocycles. The lowest BCUT2D eigenvalue weighted by Crippen LogP contribution is -2.06. The number of halogens is 1. The quantitative estimate of drug-likeness (QED) is 0.829. The van der Waals surface area contributed by atoms with Crippen LogP contribution in [0.25, 0.3) is 11.4 Å². The van der Waals surface area contributed by atoms with Crippen molar-refractivity contribution in [3.63, 3.8) is 0 Å². The number of benzene rings is 1. The Hall–Kier alpha value is -1.91. The molecular weight excluding hydrogens is 231 g/mol. The van der Waals surface area contributed by atoms with Gasteiger partial charge in [-0.05, 0) is 31.0 Å². The van der Waals surface area contributed by atoms with E-state index in [-0.39, 0.29) is 5.82 Å². The minimum atomic E-state index is -0.330. The second-order valence-electron chi connectivity index (χ2n) is 4.73. The predicted molar refractivity (Wildman–Crippen MR) is 67.3 cm³/mol. The van der Waals surface area contributed by atoms with Gasteiger partial charge in [-0.1, -0.05) is 12.8 Å². The Morgan fingerprint density at radius 3 is 2.78 bits per heavy atom. The fourth-order valence-corrected chi connectivity index (χ4v) is 2.62. The van der Waals surface area contributed by atoms with Gasteiger partial charge in [-0.2, -0.15) is 0 Å². The summed E-state index contributed by atoms with van der Waals surface area (Å²) >= 11 is 0. The summed E-state index contributed by atoms with van der Waals surface area (Å²) < 4.78 is 15.1. The van der Waals surface area contributed by atoms with Crippen LogP contribution < -0.4 is 5.73 Å². The minimum Gasteiger partial charge on any atom is -0.398 e. The second kappa shape index (κ2) is 4.40. The molecule has 0 amide bonds. The molecule has 1 saturated carbocycles. The lowest BCUT2D eigenvalue weighted by atomic mass is 10.1. The fourth-order valence-electron chi connectivity index (χ4n) is 2.62. The number of nitrogen functional groups attached to an aromatic ring is 1. The van der Waals surface area contributed by atoms with Crippen molar-refractivity contribution in [1.82, 2.24) is 14.8 Å².